The Labute approximate surface area is 219 Å². The molecular weight excluding hydrogens is 426 g/mol. The minimum absolute atomic E-state index is 0.0871. The van der Waals surface area contributed by atoms with Crippen molar-refractivity contribution in [1.29, 1.82) is 0 Å². The van der Waals surface area contributed by atoms with Gasteiger partial charge < -0.3 is 4.90 Å². The average Bonchev–Trinajstić information content (AvgIpc) is 2.89. The second-order valence-corrected chi connectivity index (χ2v) is 6.42. The summed E-state index contributed by atoms with van der Waals surface area (Å²) in [5.74, 6) is 0.135. The summed E-state index contributed by atoms with van der Waals surface area (Å²) < 4.78 is 0. The molecule has 0 aromatic carbocycles. The molecule has 0 saturated carbocycles. The molecule has 1 unspecified atom stereocenters. The Balaban J connectivity index is -0.000000254. The molecule has 198 valence electrons. The van der Waals surface area contributed by atoms with Crippen LogP contribution in [0.15, 0.2) is 109 Å². The first-order valence-corrected chi connectivity index (χ1v) is 13.2. The number of amides is 1. The lowest BCUT2D eigenvalue weighted by Crippen LogP contribution is -2.52. The van der Waals surface area contributed by atoms with Gasteiger partial charge in [-0.25, -0.2) is 0 Å². The Bertz CT molecular complexity index is 726. The van der Waals surface area contributed by atoms with Crippen LogP contribution < -0.4 is 0 Å². The van der Waals surface area contributed by atoms with E-state index >= 15 is 0 Å². The molecule has 0 radical (unpaired) electrons. The molecule has 1 atom stereocenters. The van der Waals surface area contributed by atoms with E-state index < -0.39 is 0 Å². The van der Waals surface area contributed by atoms with Gasteiger partial charge in [-0.1, -0.05) is 141 Å². The topological polar surface area (TPSA) is 20.3 Å². The molecule has 0 N–H and O–H groups in total. The number of nitrogens with zero attached hydrogens (tertiary/aromatic N) is 1. The molecule has 0 aliphatic carbocycles. The first-order valence-electron chi connectivity index (χ1n) is 13.2. The minimum atomic E-state index is 0.0871. The summed E-state index contributed by atoms with van der Waals surface area (Å²) in [6.45, 7) is 31.2. The molecule has 0 bridgehead atoms. The smallest absolute Gasteiger partial charge is 0.230 e. The van der Waals surface area contributed by atoms with Crippen molar-refractivity contribution < 1.29 is 4.79 Å². The lowest BCUT2D eigenvalue weighted by atomic mass is 9.91. The molecular formula is C33H55NO. The average molecular weight is 482 g/mol. The standard InChI is InChI=1S/C17H21NO.C10H16.3C2H6/c1-5-9-14(10-6-2)16-13-17(19)18(16)15(11-7-3)12-8-4;1-4-7-9-10(6-3)8-5-2;3*1-2/h5-12,16H,1,3,13H2,2,4H3;4,6-7,9H,1,5,8H2,2-3H3;3*1-2H3/b10-6-,12-8-,14-9+,15-11+;9-7-,10-6-;;;. The largest absolute Gasteiger partial charge is 0.304 e. The van der Waals surface area contributed by atoms with Gasteiger partial charge in [-0.05, 0) is 44.9 Å². The summed E-state index contributed by atoms with van der Waals surface area (Å²) in [6, 6.07) is 0.0871. The van der Waals surface area contributed by atoms with Gasteiger partial charge in [-0.2, -0.15) is 0 Å². The van der Waals surface area contributed by atoms with E-state index in [0.29, 0.717) is 6.42 Å². The highest BCUT2D eigenvalue weighted by molar-refractivity contribution is 5.87. The van der Waals surface area contributed by atoms with Gasteiger partial charge in [0.15, 0.2) is 0 Å². The Kier molecular flexibility index (Phi) is 35.0. The van der Waals surface area contributed by atoms with Gasteiger partial charge in [0.2, 0.25) is 5.91 Å². The highest BCUT2D eigenvalue weighted by Gasteiger charge is 2.38. The van der Waals surface area contributed by atoms with Crippen LogP contribution in [0.2, 0.25) is 0 Å². The molecule has 2 nitrogen and oxygen atoms in total. The molecule has 1 rings (SSSR count). The Morgan fingerprint density at radius 2 is 1.40 bits per heavy atom. The van der Waals surface area contributed by atoms with Crippen molar-refractivity contribution in [3.63, 3.8) is 0 Å². The second kappa shape index (κ2) is 31.1. The monoisotopic (exact) mass is 481 g/mol. The maximum absolute atomic E-state index is 11.9. The minimum Gasteiger partial charge on any atom is -0.304 e. The Hall–Kier alpha value is -2.87. The van der Waals surface area contributed by atoms with Crippen molar-refractivity contribution in [1.82, 2.24) is 4.90 Å². The van der Waals surface area contributed by atoms with Gasteiger partial charge >= 0.3 is 0 Å². The van der Waals surface area contributed by atoms with Crippen molar-refractivity contribution >= 4 is 5.91 Å². The van der Waals surface area contributed by atoms with Gasteiger partial charge in [0.25, 0.3) is 0 Å². The van der Waals surface area contributed by atoms with Crippen molar-refractivity contribution in [3.05, 3.63) is 109 Å². The van der Waals surface area contributed by atoms with Crippen molar-refractivity contribution in [2.24, 2.45) is 0 Å². The Morgan fingerprint density at radius 3 is 1.77 bits per heavy atom. The molecule has 1 aliphatic rings. The zero-order valence-electron chi connectivity index (χ0n) is 24.6. The number of allylic oxidation sites excluding steroid dienone is 12. The fourth-order valence-corrected chi connectivity index (χ4v) is 2.93. The molecule has 0 aromatic rings. The number of carbonyl (C=O) groups excluding carboxylic acids is 1. The third-order valence-electron chi connectivity index (χ3n) is 4.26. The molecule has 0 aromatic heterocycles. The van der Waals surface area contributed by atoms with Crippen molar-refractivity contribution in [3.8, 4) is 0 Å². The van der Waals surface area contributed by atoms with Gasteiger partial charge in [0.05, 0.1) is 12.5 Å². The van der Waals surface area contributed by atoms with Crippen LogP contribution in [0.5, 0.6) is 0 Å². The maximum atomic E-state index is 11.9. The summed E-state index contributed by atoms with van der Waals surface area (Å²) in [5, 5.41) is 0. The quantitative estimate of drug-likeness (QED) is 0.224. The van der Waals surface area contributed by atoms with Crippen LogP contribution >= 0.6 is 0 Å². The zero-order chi connectivity index (χ0) is 28.1. The Morgan fingerprint density at radius 1 is 0.857 bits per heavy atom. The van der Waals surface area contributed by atoms with Crippen LogP contribution in [0.1, 0.15) is 88.5 Å². The molecule has 0 spiro atoms. The van der Waals surface area contributed by atoms with Crippen LogP contribution in [-0.2, 0) is 4.79 Å². The highest BCUT2D eigenvalue weighted by atomic mass is 16.2. The van der Waals surface area contributed by atoms with Crippen molar-refractivity contribution in [2.45, 2.75) is 94.5 Å². The number of likely N-dealkylation sites (tertiary alicyclic amines) is 1. The molecule has 1 heterocycles. The maximum Gasteiger partial charge on any atom is 0.230 e. The summed E-state index contributed by atoms with van der Waals surface area (Å²) in [7, 11) is 0. The van der Waals surface area contributed by atoms with Crippen LogP contribution in [0.25, 0.3) is 0 Å². The van der Waals surface area contributed by atoms with E-state index in [1.54, 1.807) is 23.1 Å². The van der Waals surface area contributed by atoms with Crippen LogP contribution in [0, 0.1) is 0 Å². The van der Waals surface area contributed by atoms with Gasteiger partial charge in [0, 0.05) is 5.70 Å². The number of β-lactam (4-membered cyclic amide) rings is 1. The molecule has 1 aliphatic heterocycles. The lowest BCUT2D eigenvalue weighted by molar-refractivity contribution is -0.140. The fraction of sp³-hybridized carbons (Fsp3) is 0.424. The molecule has 1 saturated heterocycles. The van der Waals surface area contributed by atoms with E-state index in [9.17, 15) is 4.79 Å². The zero-order valence-corrected chi connectivity index (χ0v) is 24.6. The van der Waals surface area contributed by atoms with E-state index in [1.807, 2.05) is 97.9 Å². The van der Waals surface area contributed by atoms with Crippen LogP contribution in [0.4, 0.5) is 0 Å². The third kappa shape index (κ3) is 18.2. The van der Waals surface area contributed by atoms with E-state index in [2.05, 4.69) is 45.7 Å². The molecule has 1 amide bonds. The van der Waals surface area contributed by atoms with Gasteiger partial charge in [0.1, 0.15) is 0 Å². The number of hydrogen-bond acceptors (Lipinski definition) is 1. The SMILES string of the molecule is C=C/C=C(\C=C/C)C1CC(=O)N1C(/C=C\C)=C/C=C.C=C/C=C\C(=C/C)CCC.CC.CC.CC. The normalized spacial score (nSPS) is 15.5. The fourth-order valence-electron chi connectivity index (χ4n) is 2.93. The lowest BCUT2D eigenvalue weighted by Gasteiger charge is -2.42. The van der Waals surface area contributed by atoms with E-state index in [4.69, 9.17) is 0 Å². The van der Waals surface area contributed by atoms with Gasteiger partial charge in [-0.3, -0.25) is 4.79 Å². The summed E-state index contributed by atoms with van der Waals surface area (Å²) >= 11 is 0. The second-order valence-electron chi connectivity index (χ2n) is 6.42. The molecule has 1 fully saturated rings. The first-order chi connectivity index (χ1) is 17.0. The van der Waals surface area contributed by atoms with E-state index in [-0.39, 0.29) is 11.9 Å². The molecule has 2 heteroatoms. The first kappa shape index (κ1) is 39.3. The van der Waals surface area contributed by atoms with Crippen LogP contribution in [-0.4, -0.2) is 16.8 Å². The van der Waals surface area contributed by atoms with Crippen LogP contribution in [0.3, 0.4) is 0 Å². The third-order valence-corrected chi connectivity index (χ3v) is 4.26. The number of rotatable bonds is 10. The van der Waals surface area contributed by atoms with Crippen molar-refractivity contribution in [2.75, 3.05) is 0 Å². The van der Waals surface area contributed by atoms with E-state index in [0.717, 1.165) is 11.3 Å². The summed E-state index contributed by atoms with van der Waals surface area (Å²) in [6.07, 6.45) is 26.0. The molecule has 35 heavy (non-hydrogen) atoms. The number of hydrogen-bond donors (Lipinski definition) is 0. The summed E-state index contributed by atoms with van der Waals surface area (Å²) in [4.78, 5) is 13.7. The predicted molar refractivity (Wildman–Crippen MR) is 163 cm³/mol. The van der Waals surface area contributed by atoms with E-state index in [1.165, 1.54) is 18.4 Å². The number of carbonyl (C=O) groups is 1. The predicted octanol–water partition coefficient (Wildman–Crippen LogP) is 10.5. The highest BCUT2D eigenvalue weighted by Crippen LogP contribution is 2.31. The summed E-state index contributed by atoms with van der Waals surface area (Å²) in [5.41, 5.74) is 3.36. The van der Waals surface area contributed by atoms with Gasteiger partial charge in [-0.15, -0.1) is 0 Å².